The monoisotopic (exact) mass is 438 g/mol. The molecule has 32 heavy (non-hydrogen) atoms. The first kappa shape index (κ1) is 21.4. The maximum Gasteiger partial charge on any atom is 0.274 e. The van der Waals surface area contributed by atoms with Crippen LogP contribution in [0.15, 0.2) is 59.4 Å². The van der Waals surface area contributed by atoms with Crippen LogP contribution in [0.1, 0.15) is 21.6 Å². The highest BCUT2D eigenvalue weighted by atomic mass is 19.1. The van der Waals surface area contributed by atoms with Gasteiger partial charge in [-0.25, -0.2) is 4.39 Å². The molecule has 0 fully saturated rings. The largest absolute Gasteiger partial charge is 0.503 e. The summed E-state index contributed by atoms with van der Waals surface area (Å²) in [6, 6.07) is 14.6. The van der Waals surface area contributed by atoms with Crippen LogP contribution in [-0.2, 0) is 19.5 Å². The van der Waals surface area contributed by atoms with E-state index in [0.717, 1.165) is 16.9 Å². The Morgan fingerprint density at radius 2 is 1.69 bits per heavy atom. The molecule has 1 aliphatic rings. The van der Waals surface area contributed by atoms with Crippen molar-refractivity contribution in [2.24, 2.45) is 0 Å². The lowest BCUT2D eigenvalue weighted by Gasteiger charge is -2.31. The van der Waals surface area contributed by atoms with E-state index < -0.39 is 17.1 Å². The molecule has 1 amide bonds. The van der Waals surface area contributed by atoms with E-state index in [0.29, 0.717) is 26.1 Å². The summed E-state index contributed by atoms with van der Waals surface area (Å²) >= 11 is 0. The highest BCUT2D eigenvalue weighted by molar-refractivity contribution is 5.96. The molecule has 8 heteroatoms. The van der Waals surface area contributed by atoms with Crippen molar-refractivity contribution in [3.05, 3.63) is 87.5 Å². The van der Waals surface area contributed by atoms with E-state index >= 15 is 0 Å². The third-order valence-corrected chi connectivity index (χ3v) is 5.42. The summed E-state index contributed by atoms with van der Waals surface area (Å²) in [7, 11) is 1.60. The van der Waals surface area contributed by atoms with Crippen molar-refractivity contribution in [2.75, 3.05) is 20.3 Å². The van der Waals surface area contributed by atoms with Gasteiger partial charge in [0.05, 0.1) is 13.7 Å². The topological polar surface area (TPSA) is 81.0 Å². The van der Waals surface area contributed by atoms with Gasteiger partial charge in [0, 0.05) is 32.1 Å². The molecular formula is C24H23FN2O5. The van der Waals surface area contributed by atoms with Crippen LogP contribution in [0.3, 0.4) is 0 Å². The molecule has 3 aromatic rings. The minimum Gasteiger partial charge on any atom is -0.503 e. The fourth-order valence-corrected chi connectivity index (χ4v) is 3.67. The number of pyridine rings is 1. The summed E-state index contributed by atoms with van der Waals surface area (Å²) < 4.78 is 25.7. The Hall–Kier alpha value is -3.81. The van der Waals surface area contributed by atoms with Crippen molar-refractivity contribution in [1.29, 1.82) is 0 Å². The van der Waals surface area contributed by atoms with Crippen molar-refractivity contribution in [1.82, 2.24) is 9.47 Å². The molecule has 2 heterocycles. The summed E-state index contributed by atoms with van der Waals surface area (Å²) in [5.41, 5.74) is 1.02. The predicted molar refractivity (Wildman–Crippen MR) is 116 cm³/mol. The van der Waals surface area contributed by atoms with E-state index in [2.05, 4.69) is 0 Å². The summed E-state index contributed by atoms with van der Waals surface area (Å²) in [4.78, 5) is 26.8. The first-order valence-electron chi connectivity index (χ1n) is 10.2. The molecule has 0 radical (unpaired) electrons. The fourth-order valence-electron chi connectivity index (χ4n) is 3.67. The van der Waals surface area contributed by atoms with Crippen LogP contribution < -0.4 is 14.9 Å². The van der Waals surface area contributed by atoms with Gasteiger partial charge < -0.3 is 24.0 Å². The molecular weight excluding hydrogens is 415 g/mol. The van der Waals surface area contributed by atoms with Crippen molar-refractivity contribution in [3.63, 3.8) is 0 Å². The second-order valence-corrected chi connectivity index (χ2v) is 7.50. The van der Waals surface area contributed by atoms with Crippen molar-refractivity contribution in [3.8, 4) is 17.4 Å². The number of rotatable bonds is 7. The van der Waals surface area contributed by atoms with Gasteiger partial charge in [-0.2, -0.15) is 0 Å². The zero-order valence-electron chi connectivity index (χ0n) is 17.6. The van der Waals surface area contributed by atoms with Gasteiger partial charge in [0.1, 0.15) is 11.6 Å². The van der Waals surface area contributed by atoms with Crippen LogP contribution in [0.4, 0.5) is 4.39 Å². The number of nitrogens with zero attached hydrogens (tertiary/aromatic N) is 2. The Morgan fingerprint density at radius 1 is 1.00 bits per heavy atom. The highest BCUT2D eigenvalue weighted by Crippen LogP contribution is 2.26. The zero-order chi connectivity index (χ0) is 22.7. The maximum atomic E-state index is 13.2. The Morgan fingerprint density at radius 3 is 2.38 bits per heavy atom. The van der Waals surface area contributed by atoms with E-state index in [-0.39, 0.29) is 23.9 Å². The smallest absolute Gasteiger partial charge is 0.274 e. The number of methoxy groups -OCH3 is 1. The maximum absolute atomic E-state index is 13.2. The van der Waals surface area contributed by atoms with Crippen LogP contribution in [0, 0.1) is 5.82 Å². The number of carbonyl (C=O) groups is 1. The predicted octanol–water partition coefficient (Wildman–Crippen LogP) is 2.98. The summed E-state index contributed by atoms with van der Waals surface area (Å²) in [6.45, 7) is 1.26. The number of fused-ring (bicyclic) bond motifs is 1. The normalized spacial score (nSPS) is 13.1. The lowest BCUT2D eigenvalue weighted by molar-refractivity contribution is 0.0674. The van der Waals surface area contributed by atoms with E-state index in [1.165, 1.54) is 27.7 Å². The molecule has 1 aromatic heterocycles. The Balaban J connectivity index is 1.51. The third kappa shape index (κ3) is 4.44. The summed E-state index contributed by atoms with van der Waals surface area (Å²) in [5.74, 6) is -0.426. The number of aromatic hydroxyl groups is 1. The number of amides is 1. The zero-order valence-corrected chi connectivity index (χ0v) is 17.6. The SMILES string of the molecule is COc1ccc(CCOc2cc(=O)c(O)c3n2CCN(Cc2ccc(F)cc2)C3=O)cc1. The average molecular weight is 438 g/mol. The van der Waals surface area contributed by atoms with Gasteiger partial charge in [0.25, 0.3) is 5.91 Å². The molecule has 0 spiro atoms. The Labute approximate surface area is 184 Å². The van der Waals surface area contributed by atoms with E-state index in [1.54, 1.807) is 19.2 Å². The van der Waals surface area contributed by atoms with E-state index in [1.807, 2.05) is 24.3 Å². The number of carbonyl (C=O) groups excluding carboxylic acids is 1. The van der Waals surface area contributed by atoms with Gasteiger partial charge in [0.15, 0.2) is 17.3 Å². The molecule has 0 saturated carbocycles. The van der Waals surface area contributed by atoms with Gasteiger partial charge in [-0.3, -0.25) is 9.59 Å². The standard InChI is InChI=1S/C24H23FN2O5/c1-31-19-8-4-16(5-9-19)10-13-32-21-14-20(28)23(29)22-24(30)26(11-12-27(21)22)15-17-2-6-18(25)7-3-17/h2-9,14,29H,10-13,15H2,1H3. The van der Waals surface area contributed by atoms with Crippen LogP contribution in [0.2, 0.25) is 0 Å². The number of hydrogen-bond donors (Lipinski definition) is 1. The molecule has 166 valence electrons. The van der Waals surface area contributed by atoms with Crippen LogP contribution in [0.5, 0.6) is 17.4 Å². The molecule has 2 aromatic carbocycles. The van der Waals surface area contributed by atoms with Gasteiger partial charge >= 0.3 is 0 Å². The van der Waals surface area contributed by atoms with Crippen molar-refractivity contribution < 1.29 is 23.8 Å². The number of hydrogen-bond acceptors (Lipinski definition) is 5. The summed E-state index contributed by atoms with van der Waals surface area (Å²) in [5, 5.41) is 10.3. The molecule has 0 aliphatic carbocycles. The molecule has 4 rings (SSSR count). The molecule has 0 atom stereocenters. The number of benzene rings is 2. The third-order valence-electron chi connectivity index (χ3n) is 5.42. The summed E-state index contributed by atoms with van der Waals surface area (Å²) in [6.07, 6.45) is 0.596. The van der Waals surface area contributed by atoms with Gasteiger partial charge in [-0.05, 0) is 35.4 Å². The van der Waals surface area contributed by atoms with Crippen LogP contribution in [0.25, 0.3) is 0 Å². The molecule has 7 nitrogen and oxygen atoms in total. The van der Waals surface area contributed by atoms with E-state index in [4.69, 9.17) is 9.47 Å². The minimum atomic E-state index is -0.673. The highest BCUT2D eigenvalue weighted by Gasteiger charge is 2.30. The van der Waals surface area contributed by atoms with Crippen molar-refractivity contribution >= 4 is 5.91 Å². The first-order valence-corrected chi connectivity index (χ1v) is 10.2. The molecule has 0 bridgehead atoms. The number of ether oxygens (including phenoxy) is 2. The number of halogens is 1. The lowest BCUT2D eigenvalue weighted by Crippen LogP contribution is -2.41. The quantitative estimate of drug-likeness (QED) is 0.614. The van der Waals surface area contributed by atoms with Crippen molar-refractivity contribution in [2.45, 2.75) is 19.5 Å². The fraction of sp³-hybridized carbons (Fsp3) is 0.250. The van der Waals surface area contributed by atoms with Gasteiger partial charge in [0.2, 0.25) is 5.43 Å². The second-order valence-electron chi connectivity index (χ2n) is 7.50. The van der Waals surface area contributed by atoms with Crippen LogP contribution in [-0.4, -0.2) is 40.7 Å². The van der Waals surface area contributed by atoms with Crippen LogP contribution >= 0.6 is 0 Å². The molecule has 1 aliphatic heterocycles. The Bertz CT molecular complexity index is 1170. The van der Waals surface area contributed by atoms with Gasteiger partial charge in [-0.15, -0.1) is 0 Å². The second kappa shape index (κ2) is 9.13. The Kier molecular flexibility index (Phi) is 6.11. The van der Waals surface area contributed by atoms with E-state index in [9.17, 15) is 19.1 Å². The first-order chi connectivity index (χ1) is 15.5. The molecule has 0 saturated heterocycles. The lowest BCUT2D eigenvalue weighted by atomic mass is 10.1. The minimum absolute atomic E-state index is 0.0923. The molecule has 1 N–H and O–H groups in total. The van der Waals surface area contributed by atoms with Gasteiger partial charge in [-0.1, -0.05) is 24.3 Å². The average Bonchev–Trinajstić information content (AvgIpc) is 2.80. The molecule has 0 unspecified atom stereocenters. The number of aromatic nitrogens is 1.